The highest BCUT2D eigenvalue weighted by atomic mass is 32.1. The fourth-order valence-electron chi connectivity index (χ4n) is 1.70. The molecule has 0 radical (unpaired) electrons. The van der Waals surface area contributed by atoms with Gasteiger partial charge >= 0.3 is 0 Å². The van der Waals surface area contributed by atoms with Crippen LogP contribution in [0.2, 0.25) is 0 Å². The normalized spacial score (nSPS) is 21.4. The topological polar surface area (TPSA) is 42.0 Å². The zero-order chi connectivity index (χ0) is 9.97. The summed E-state index contributed by atoms with van der Waals surface area (Å²) in [6.45, 7) is 3.75. The van der Waals surface area contributed by atoms with Gasteiger partial charge in [-0.3, -0.25) is 4.79 Å². The first-order valence-electron chi connectivity index (χ1n) is 4.90. The monoisotopic (exact) mass is 210 g/mol. The van der Waals surface area contributed by atoms with Gasteiger partial charge in [0.2, 0.25) is 0 Å². The zero-order valence-electron chi connectivity index (χ0n) is 8.25. The molecule has 0 bridgehead atoms. The van der Waals surface area contributed by atoms with Crippen LogP contribution in [-0.2, 0) is 11.2 Å². The van der Waals surface area contributed by atoms with Crippen LogP contribution in [0.1, 0.15) is 29.1 Å². The number of nitrogens with zero attached hydrogens (tertiary/aromatic N) is 1. The molecule has 76 valence electrons. The van der Waals surface area contributed by atoms with Gasteiger partial charge in [-0.05, 0) is 19.9 Å². The van der Waals surface area contributed by atoms with Gasteiger partial charge in [0.25, 0.3) is 0 Å². The van der Waals surface area contributed by atoms with Gasteiger partial charge in [-0.1, -0.05) is 0 Å². The van der Waals surface area contributed by atoms with Gasteiger partial charge < -0.3 is 5.32 Å². The molecule has 14 heavy (non-hydrogen) atoms. The van der Waals surface area contributed by atoms with Crippen molar-refractivity contribution >= 4 is 17.1 Å². The lowest BCUT2D eigenvalue weighted by atomic mass is 10.1. The molecule has 1 atom stereocenters. The van der Waals surface area contributed by atoms with E-state index in [0.29, 0.717) is 12.3 Å². The van der Waals surface area contributed by atoms with Crippen molar-refractivity contribution in [1.82, 2.24) is 10.3 Å². The van der Waals surface area contributed by atoms with Crippen molar-refractivity contribution in [3.8, 4) is 0 Å². The van der Waals surface area contributed by atoms with E-state index in [1.54, 1.807) is 18.3 Å². The maximum Gasteiger partial charge on any atom is 0.135 e. The summed E-state index contributed by atoms with van der Waals surface area (Å²) in [6, 6.07) is 0. The first-order chi connectivity index (χ1) is 6.75. The minimum atomic E-state index is 0.213. The minimum Gasteiger partial charge on any atom is -0.316 e. The van der Waals surface area contributed by atoms with Gasteiger partial charge in [0, 0.05) is 30.0 Å². The zero-order valence-corrected chi connectivity index (χ0v) is 9.06. The second kappa shape index (κ2) is 4.19. The lowest BCUT2D eigenvalue weighted by molar-refractivity contribution is -0.116. The van der Waals surface area contributed by atoms with Crippen molar-refractivity contribution in [2.24, 2.45) is 0 Å². The van der Waals surface area contributed by atoms with Gasteiger partial charge in [-0.25, -0.2) is 4.98 Å². The molecule has 1 aromatic rings. The number of carbonyl (C=O) groups is 1. The Morgan fingerprint density at radius 2 is 2.64 bits per heavy atom. The van der Waals surface area contributed by atoms with E-state index >= 15 is 0 Å². The summed E-state index contributed by atoms with van der Waals surface area (Å²) in [4.78, 5) is 16.4. The van der Waals surface area contributed by atoms with Crippen LogP contribution in [0.4, 0.5) is 0 Å². The predicted molar refractivity (Wildman–Crippen MR) is 56.7 cm³/mol. The molecule has 1 fully saturated rings. The highest BCUT2D eigenvalue weighted by molar-refractivity contribution is 7.11. The molecule has 0 aliphatic carbocycles. The molecule has 4 heteroatoms. The molecule has 3 nitrogen and oxygen atoms in total. The summed E-state index contributed by atoms with van der Waals surface area (Å²) < 4.78 is 0. The van der Waals surface area contributed by atoms with Gasteiger partial charge in [0.1, 0.15) is 5.78 Å². The van der Waals surface area contributed by atoms with Crippen molar-refractivity contribution in [3.63, 3.8) is 0 Å². The number of Topliss-reactive ketones (excluding diaryl/α,β-unsaturated/α-hetero) is 1. The van der Waals surface area contributed by atoms with Crippen molar-refractivity contribution < 1.29 is 4.79 Å². The lowest BCUT2D eigenvalue weighted by Gasteiger charge is -2.01. The molecule has 2 rings (SSSR count). The van der Waals surface area contributed by atoms with Crippen molar-refractivity contribution in [2.75, 3.05) is 13.1 Å². The van der Waals surface area contributed by atoms with Crippen LogP contribution in [0.15, 0.2) is 6.20 Å². The summed E-state index contributed by atoms with van der Waals surface area (Å²) >= 11 is 1.69. The molecule has 2 heterocycles. The Kier molecular flexibility index (Phi) is 2.93. The molecular weight excluding hydrogens is 196 g/mol. The summed E-state index contributed by atoms with van der Waals surface area (Å²) in [5, 5.41) is 4.51. The molecule has 0 saturated carbocycles. The Bertz CT molecular complexity index is 329. The van der Waals surface area contributed by atoms with E-state index in [9.17, 15) is 4.79 Å². The molecule has 1 saturated heterocycles. The maximum atomic E-state index is 10.9. The van der Waals surface area contributed by atoms with Crippen LogP contribution >= 0.6 is 11.3 Å². The number of ketones is 1. The molecule has 0 aromatic carbocycles. The third-order valence-corrected chi connectivity index (χ3v) is 3.56. The standard InChI is InChI=1S/C10H14N2OS/c1-7(13)4-9-6-12-10(14-9)8-2-3-11-5-8/h6,8,11H,2-5H2,1H3. The smallest absolute Gasteiger partial charge is 0.135 e. The van der Waals surface area contributed by atoms with E-state index in [1.165, 1.54) is 11.4 Å². The Morgan fingerprint density at radius 1 is 1.79 bits per heavy atom. The number of aromatic nitrogens is 1. The molecule has 1 N–H and O–H groups in total. The van der Waals surface area contributed by atoms with Crippen molar-refractivity contribution in [1.29, 1.82) is 0 Å². The number of carbonyl (C=O) groups excluding carboxylic acids is 1. The van der Waals surface area contributed by atoms with Crippen LogP contribution < -0.4 is 5.32 Å². The van der Waals surface area contributed by atoms with Gasteiger partial charge in [-0.15, -0.1) is 11.3 Å². The Hall–Kier alpha value is -0.740. The fraction of sp³-hybridized carbons (Fsp3) is 0.600. The largest absolute Gasteiger partial charge is 0.316 e. The van der Waals surface area contributed by atoms with Gasteiger partial charge in [0.15, 0.2) is 0 Å². The number of nitrogens with one attached hydrogen (secondary N) is 1. The first kappa shape index (κ1) is 9.80. The van der Waals surface area contributed by atoms with E-state index in [-0.39, 0.29) is 5.78 Å². The molecule has 1 aliphatic rings. The van der Waals surface area contributed by atoms with Crippen molar-refractivity contribution in [3.05, 3.63) is 16.1 Å². The predicted octanol–water partition coefficient (Wildman–Crippen LogP) is 1.35. The molecule has 1 aliphatic heterocycles. The van der Waals surface area contributed by atoms with E-state index in [2.05, 4.69) is 10.3 Å². The number of hydrogen-bond donors (Lipinski definition) is 1. The van der Waals surface area contributed by atoms with Crippen molar-refractivity contribution in [2.45, 2.75) is 25.7 Å². The second-order valence-corrected chi connectivity index (χ2v) is 4.88. The number of rotatable bonds is 3. The van der Waals surface area contributed by atoms with Crippen LogP contribution in [0.5, 0.6) is 0 Å². The van der Waals surface area contributed by atoms with Crippen LogP contribution in [-0.4, -0.2) is 23.9 Å². The van der Waals surface area contributed by atoms with E-state index in [4.69, 9.17) is 0 Å². The first-order valence-corrected chi connectivity index (χ1v) is 5.72. The maximum absolute atomic E-state index is 10.9. The average molecular weight is 210 g/mol. The van der Waals surface area contributed by atoms with E-state index in [0.717, 1.165) is 18.0 Å². The van der Waals surface area contributed by atoms with E-state index < -0.39 is 0 Å². The Labute approximate surface area is 87.6 Å². The summed E-state index contributed by atoms with van der Waals surface area (Å²) in [7, 11) is 0. The lowest BCUT2D eigenvalue weighted by Crippen LogP contribution is -2.07. The van der Waals surface area contributed by atoms with Crippen LogP contribution in [0.3, 0.4) is 0 Å². The SMILES string of the molecule is CC(=O)Cc1cnc(C2CCNC2)s1. The third-order valence-electron chi connectivity index (χ3n) is 2.40. The fourth-order valence-corrected chi connectivity index (χ4v) is 2.83. The summed E-state index contributed by atoms with van der Waals surface area (Å²) in [6.07, 6.45) is 3.56. The van der Waals surface area contributed by atoms with Crippen LogP contribution in [0.25, 0.3) is 0 Å². The average Bonchev–Trinajstić information content (AvgIpc) is 2.69. The quantitative estimate of drug-likeness (QED) is 0.819. The highest BCUT2D eigenvalue weighted by Gasteiger charge is 2.19. The summed E-state index contributed by atoms with van der Waals surface area (Å²) in [5.41, 5.74) is 0. The third kappa shape index (κ3) is 2.19. The molecule has 1 aromatic heterocycles. The minimum absolute atomic E-state index is 0.213. The van der Waals surface area contributed by atoms with Gasteiger partial charge in [0.05, 0.1) is 5.01 Å². The van der Waals surface area contributed by atoms with Crippen LogP contribution in [0, 0.1) is 0 Å². The number of hydrogen-bond acceptors (Lipinski definition) is 4. The van der Waals surface area contributed by atoms with E-state index in [1.807, 2.05) is 6.20 Å². The molecular formula is C10H14N2OS. The number of thiazole rings is 1. The molecule has 0 spiro atoms. The summed E-state index contributed by atoms with van der Waals surface area (Å²) in [5.74, 6) is 0.783. The molecule has 1 unspecified atom stereocenters. The Morgan fingerprint density at radius 3 is 3.29 bits per heavy atom. The second-order valence-electron chi connectivity index (χ2n) is 3.73. The van der Waals surface area contributed by atoms with Gasteiger partial charge in [-0.2, -0.15) is 0 Å². The highest BCUT2D eigenvalue weighted by Crippen LogP contribution is 2.26. The molecule has 0 amide bonds. The Balaban J connectivity index is 2.05.